The van der Waals surface area contributed by atoms with Crippen LogP contribution in [-0.4, -0.2) is 57.8 Å². The van der Waals surface area contributed by atoms with Crippen molar-refractivity contribution >= 4 is 15.9 Å². The molecule has 2 aromatic rings. The quantitative estimate of drug-likeness (QED) is 0.751. The number of likely N-dealkylation sites (N-methyl/N-ethyl adjacent to an activating group) is 1. The minimum absolute atomic E-state index is 0.135. The van der Waals surface area contributed by atoms with Crippen LogP contribution in [0.25, 0.3) is 0 Å². The molecule has 0 saturated heterocycles. The maximum absolute atomic E-state index is 12.7. The maximum Gasteiger partial charge on any atom is 0.251 e. The highest BCUT2D eigenvalue weighted by atomic mass is 32.2. The number of hydrogen-bond acceptors (Lipinski definition) is 4. The number of rotatable bonds is 8. The van der Waals surface area contributed by atoms with Crippen molar-refractivity contribution < 1.29 is 13.2 Å². The van der Waals surface area contributed by atoms with Crippen LogP contribution in [0.3, 0.4) is 0 Å². The van der Waals surface area contributed by atoms with Crippen molar-refractivity contribution in [2.45, 2.75) is 18.4 Å². The van der Waals surface area contributed by atoms with Crippen LogP contribution in [-0.2, 0) is 16.6 Å². The van der Waals surface area contributed by atoms with Gasteiger partial charge in [0.15, 0.2) is 0 Å². The molecule has 1 amide bonds. The molecule has 27 heavy (non-hydrogen) atoms. The average Bonchev–Trinajstić information content (AvgIpc) is 2.62. The summed E-state index contributed by atoms with van der Waals surface area (Å²) in [6.07, 6.45) is 0. The first-order chi connectivity index (χ1) is 12.7. The third-order valence-corrected chi connectivity index (χ3v) is 6.01. The Bertz CT molecular complexity index is 860. The Labute approximate surface area is 161 Å². The van der Waals surface area contributed by atoms with Crippen LogP contribution >= 0.6 is 0 Å². The SMILES string of the molecule is Cc1ccc(S(=O)(=O)N(C)Cc2ccc(C(=O)NCCN(C)C)cc2)cc1. The van der Waals surface area contributed by atoms with E-state index in [0.717, 1.165) is 17.7 Å². The standard InChI is InChI=1S/C20H27N3O3S/c1-16-5-11-19(12-6-16)27(25,26)23(4)15-17-7-9-18(10-8-17)20(24)21-13-14-22(2)3/h5-12H,13-15H2,1-4H3,(H,21,24). The molecular formula is C20H27N3O3S. The van der Waals surface area contributed by atoms with E-state index < -0.39 is 10.0 Å². The van der Waals surface area contributed by atoms with E-state index in [4.69, 9.17) is 0 Å². The van der Waals surface area contributed by atoms with Crippen LogP contribution in [0.2, 0.25) is 0 Å². The molecular weight excluding hydrogens is 362 g/mol. The minimum atomic E-state index is -3.55. The summed E-state index contributed by atoms with van der Waals surface area (Å²) >= 11 is 0. The largest absolute Gasteiger partial charge is 0.351 e. The summed E-state index contributed by atoms with van der Waals surface area (Å²) in [5.41, 5.74) is 2.38. The lowest BCUT2D eigenvalue weighted by Gasteiger charge is -2.17. The fourth-order valence-electron chi connectivity index (χ4n) is 2.49. The molecule has 0 unspecified atom stereocenters. The van der Waals surface area contributed by atoms with Crippen LogP contribution in [0, 0.1) is 6.92 Å². The summed E-state index contributed by atoms with van der Waals surface area (Å²) in [5, 5.41) is 2.85. The number of sulfonamides is 1. The third kappa shape index (κ3) is 5.89. The molecule has 1 N–H and O–H groups in total. The Hall–Kier alpha value is -2.22. The topological polar surface area (TPSA) is 69.7 Å². The van der Waals surface area contributed by atoms with Crippen LogP contribution in [0.5, 0.6) is 0 Å². The molecule has 0 fully saturated rings. The number of nitrogens with one attached hydrogen (secondary N) is 1. The number of carbonyl (C=O) groups is 1. The average molecular weight is 390 g/mol. The lowest BCUT2D eigenvalue weighted by molar-refractivity contribution is 0.0951. The minimum Gasteiger partial charge on any atom is -0.351 e. The predicted octanol–water partition coefficient (Wildman–Crippen LogP) is 2.11. The van der Waals surface area contributed by atoms with Crippen molar-refractivity contribution in [1.29, 1.82) is 0 Å². The zero-order valence-electron chi connectivity index (χ0n) is 16.3. The van der Waals surface area contributed by atoms with E-state index in [1.54, 1.807) is 55.6 Å². The van der Waals surface area contributed by atoms with E-state index in [0.29, 0.717) is 12.1 Å². The summed E-state index contributed by atoms with van der Waals surface area (Å²) in [4.78, 5) is 14.4. The van der Waals surface area contributed by atoms with Gasteiger partial charge in [0.25, 0.3) is 5.91 Å². The highest BCUT2D eigenvalue weighted by Gasteiger charge is 2.20. The van der Waals surface area contributed by atoms with Crippen molar-refractivity contribution in [2.24, 2.45) is 0 Å². The van der Waals surface area contributed by atoms with Gasteiger partial charge in [-0.3, -0.25) is 4.79 Å². The van der Waals surface area contributed by atoms with Crippen molar-refractivity contribution in [3.63, 3.8) is 0 Å². The van der Waals surface area contributed by atoms with Crippen molar-refractivity contribution in [1.82, 2.24) is 14.5 Å². The van der Waals surface area contributed by atoms with Gasteiger partial charge in [0.05, 0.1) is 4.90 Å². The molecule has 0 saturated carbocycles. The molecule has 7 heteroatoms. The van der Waals surface area contributed by atoms with Crippen LogP contribution in [0.15, 0.2) is 53.4 Å². The Morgan fingerprint density at radius 3 is 2.11 bits per heavy atom. The lowest BCUT2D eigenvalue weighted by atomic mass is 10.1. The van der Waals surface area contributed by atoms with Gasteiger partial charge < -0.3 is 10.2 Å². The van der Waals surface area contributed by atoms with E-state index >= 15 is 0 Å². The number of nitrogens with zero attached hydrogens (tertiary/aromatic N) is 2. The first-order valence-corrected chi connectivity index (χ1v) is 10.2. The van der Waals surface area contributed by atoms with Crippen LogP contribution in [0.4, 0.5) is 0 Å². The zero-order chi connectivity index (χ0) is 20.0. The predicted molar refractivity (Wildman–Crippen MR) is 107 cm³/mol. The van der Waals surface area contributed by atoms with Gasteiger partial charge >= 0.3 is 0 Å². The second-order valence-electron chi connectivity index (χ2n) is 6.83. The van der Waals surface area contributed by atoms with E-state index in [9.17, 15) is 13.2 Å². The second kappa shape index (κ2) is 9.12. The molecule has 146 valence electrons. The van der Waals surface area contributed by atoms with E-state index in [-0.39, 0.29) is 17.3 Å². The molecule has 0 spiro atoms. The number of aryl methyl sites for hydroxylation is 1. The Morgan fingerprint density at radius 1 is 0.963 bits per heavy atom. The fraction of sp³-hybridized carbons (Fsp3) is 0.350. The highest BCUT2D eigenvalue weighted by Crippen LogP contribution is 2.17. The zero-order valence-corrected chi connectivity index (χ0v) is 17.1. The van der Waals surface area contributed by atoms with Gasteiger partial charge in [-0.2, -0.15) is 4.31 Å². The summed E-state index contributed by atoms with van der Waals surface area (Å²) in [7, 11) is 1.89. The molecule has 0 radical (unpaired) electrons. The summed E-state index contributed by atoms with van der Waals surface area (Å²) in [6, 6.07) is 13.8. The molecule has 0 aliphatic carbocycles. The van der Waals surface area contributed by atoms with E-state index in [2.05, 4.69) is 5.32 Å². The van der Waals surface area contributed by atoms with Gasteiger partial charge in [-0.1, -0.05) is 29.8 Å². The van der Waals surface area contributed by atoms with E-state index in [1.807, 2.05) is 25.9 Å². The molecule has 0 aliphatic heterocycles. The Morgan fingerprint density at radius 2 is 1.56 bits per heavy atom. The number of carbonyl (C=O) groups excluding carboxylic acids is 1. The monoisotopic (exact) mass is 389 g/mol. The van der Waals surface area contributed by atoms with Gasteiger partial charge in [-0.25, -0.2) is 8.42 Å². The second-order valence-corrected chi connectivity index (χ2v) is 8.88. The molecule has 6 nitrogen and oxygen atoms in total. The molecule has 2 aromatic carbocycles. The normalized spacial score (nSPS) is 11.8. The first kappa shape index (κ1) is 21.1. The van der Waals surface area contributed by atoms with Gasteiger partial charge in [-0.05, 0) is 50.8 Å². The molecule has 2 rings (SSSR count). The number of benzene rings is 2. The Kier molecular flexibility index (Phi) is 7.12. The number of amides is 1. The first-order valence-electron chi connectivity index (χ1n) is 8.75. The maximum atomic E-state index is 12.7. The van der Waals surface area contributed by atoms with Crippen molar-refractivity contribution in [3.05, 3.63) is 65.2 Å². The lowest BCUT2D eigenvalue weighted by Crippen LogP contribution is -2.31. The summed E-state index contributed by atoms with van der Waals surface area (Å²) < 4.78 is 26.6. The van der Waals surface area contributed by atoms with Crippen molar-refractivity contribution in [2.75, 3.05) is 34.2 Å². The number of hydrogen-bond donors (Lipinski definition) is 1. The van der Waals surface area contributed by atoms with Crippen LogP contribution in [0.1, 0.15) is 21.5 Å². The summed E-state index contributed by atoms with van der Waals surface area (Å²) in [6.45, 7) is 3.49. The van der Waals surface area contributed by atoms with Gasteiger partial charge in [0.1, 0.15) is 0 Å². The molecule has 0 bridgehead atoms. The van der Waals surface area contributed by atoms with E-state index in [1.165, 1.54) is 4.31 Å². The molecule has 0 aliphatic rings. The van der Waals surface area contributed by atoms with Gasteiger partial charge in [0.2, 0.25) is 10.0 Å². The Balaban J connectivity index is 2.01. The van der Waals surface area contributed by atoms with Gasteiger partial charge in [0, 0.05) is 32.2 Å². The third-order valence-electron chi connectivity index (χ3n) is 4.20. The van der Waals surface area contributed by atoms with Gasteiger partial charge in [-0.15, -0.1) is 0 Å². The molecule has 0 atom stereocenters. The molecule has 0 aromatic heterocycles. The highest BCUT2D eigenvalue weighted by molar-refractivity contribution is 7.89. The van der Waals surface area contributed by atoms with Crippen LogP contribution < -0.4 is 5.32 Å². The van der Waals surface area contributed by atoms with Crippen molar-refractivity contribution in [3.8, 4) is 0 Å². The summed E-state index contributed by atoms with van der Waals surface area (Å²) in [5.74, 6) is -0.135. The fourth-order valence-corrected chi connectivity index (χ4v) is 3.65. The smallest absolute Gasteiger partial charge is 0.251 e. The molecule has 0 heterocycles.